The van der Waals surface area contributed by atoms with E-state index in [9.17, 15) is 8.42 Å². The van der Waals surface area contributed by atoms with Gasteiger partial charge in [0.1, 0.15) is 0 Å². The maximum absolute atomic E-state index is 12.5. The first-order valence-electron chi connectivity index (χ1n) is 10.6. The van der Waals surface area contributed by atoms with Gasteiger partial charge in [0, 0.05) is 17.7 Å². The molecule has 0 spiro atoms. The molecule has 0 saturated carbocycles. The molecule has 1 aliphatic rings. The van der Waals surface area contributed by atoms with Crippen molar-refractivity contribution in [2.75, 3.05) is 12.8 Å². The molecule has 11 heteroatoms. The van der Waals surface area contributed by atoms with Gasteiger partial charge in [-0.15, -0.1) is 10.2 Å². The fourth-order valence-corrected chi connectivity index (χ4v) is 5.15. The number of benzene rings is 2. The van der Waals surface area contributed by atoms with E-state index in [0.717, 1.165) is 17.7 Å². The van der Waals surface area contributed by atoms with Crippen molar-refractivity contribution in [2.45, 2.75) is 29.9 Å². The standard InChI is InChI=1S/C23H22N6O4S/c1-13-23(32-13)34(30,31)17-9-7-15(8-10-17)18-12-26-20(24)19(27-18)22-29-28-21(33-22)16-5-3-14(4-6-16)11-25-2/h3-10,12-13,23,25H,11H2,1-2H3,(H2,24,26). The van der Waals surface area contributed by atoms with Crippen LogP contribution in [0.4, 0.5) is 5.82 Å². The molecule has 174 valence electrons. The predicted octanol–water partition coefficient (Wildman–Crippen LogP) is 2.68. The zero-order chi connectivity index (χ0) is 23.9. The molecule has 1 saturated heterocycles. The summed E-state index contributed by atoms with van der Waals surface area (Å²) in [4.78, 5) is 8.94. The molecule has 34 heavy (non-hydrogen) atoms. The number of hydrogen-bond acceptors (Lipinski definition) is 10. The van der Waals surface area contributed by atoms with Crippen molar-refractivity contribution < 1.29 is 17.6 Å². The number of nitrogens with one attached hydrogen (secondary N) is 1. The normalized spacial score (nSPS) is 17.6. The number of aromatic nitrogens is 4. The third-order valence-corrected chi connectivity index (χ3v) is 7.49. The molecule has 0 radical (unpaired) electrons. The molecule has 2 atom stereocenters. The second-order valence-electron chi connectivity index (χ2n) is 7.91. The molecule has 4 aromatic rings. The van der Waals surface area contributed by atoms with Crippen LogP contribution < -0.4 is 11.1 Å². The molecule has 5 rings (SSSR count). The van der Waals surface area contributed by atoms with Gasteiger partial charge >= 0.3 is 0 Å². The first-order chi connectivity index (χ1) is 16.4. The summed E-state index contributed by atoms with van der Waals surface area (Å²) in [5.74, 6) is 0.617. The van der Waals surface area contributed by atoms with Crippen molar-refractivity contribution in [2.24, 2.45) is 0 Å². The highest BCUT2D eigenvalue weighted by molar-refractivity contribution is 7.92. The first-order valence-corrected chi connectivity index (χ1v) is 12.1. The lowest BCUT2D eigenvalue weighted by Gasteiger charge is -2.06. The van der Waals surface area contributed by atoms with Gasteiger partial charge < -0.3 is 20.2 Å². The molecular weight excluding hydrogens is 456 g/mol. The lowest BCUT2D eigenvalue weighted by molar-refractivity contribution is 0.405. The lowest BCUT2D eigenvalue weighted by Crippen LogP contribution is -2.10. The third kappa shape index (κ3) is 4.16. The van der Waals surface area contributed by atoms with Crippen molar-refractivity contribution in [1.29, 1.82) is 0 Å². The highest BCUT2D eigenvalue weighted by atomic mass is 32.2. The molecule has 0 aliphatic carbocycles. The van der Waals surface area contributed by atoms with E-state index in [0.29, 0.717) is 17.1 Å². The Bertz CT molecular complexity index is 1440. The fraction of sp³-hybridized carbons (Fsp3) is 0.217. The summed E-state index contributed by atoms with van der Waals surface area (Å²) in [6.07, 6.45) is 1.22. The topological polar surface area (TPSA) is 149 Å². The second kappa shape index (κ2) is 8.60. The monoisotopic (exact) mass is 478 g/mol. The maximum atomic E-state index is 12.5. The zero-order valence-corrected chi connectivity index (χ0v) is 19.3. The van der Waals surface area contributed by atoms with Crippen LogP contribution in [0.3, 0.4) is 0 Å². The van der Waals surface area contributed by atoms with E-state index in [4.69, 9.17) is 14.9 Å². The minimum atomic E-state index is -3.52. The van der Waals surface area contributed by atoms with Crippen LogP contribution in [0.15, 0.2) is 64.0 Å². The average molecular weight is 479 g/mol. The number of nitrogens with zero attached hydrogens (tertiary/aromatic N) is 4. The molecule has 0 amide bonds. The molecule has 2 unspecified atom stereocenters. The Balaban J connectivity index is 1.41. The van der Waals surface area contributed by atoms with E-state index in [1.54, 1.807) is 19.1 Å². The Hall–Kier alpha value is -3.67. The van der Waals surface area contributed by atoms with Gasteiger partial charge in [-0.25, -0.2) is 18.4 Å². The zero-order valence-electron chi connectivity index (χ0n) is 18.5. The SMILES string of the molecule is CNCc1ccc(-c2nnc(-c3nc(-c4ccc(S(=O)(=O)C5OC5C)cc4)cnc3N)o2)cc1. The Labute approximate surface area is 196 Å². The molecule has 3 heterocycles. The number of epoxide rings is 1. The van der Waals surface area contributed by atoms with Crippen molar-refractivity contribution >= 4 is 15.7 Å². The number of ether oxygens (including phenoxy) is 1. The highest BCUT2D eigenvalue weighted by Crippen LogP contribution is 2.33. The molecule has 2 aromatic carbocycles. The van der Waals surface area contributed by atoms with E-state index in [1.165, 1.54) is 18.3 Å². The number of nitrogen functional groups attached to an aromatic ring is 1. The van der Waals surface area contributed by atoms with Crippen LogP contribution in [0, 0.1) is 0 Å². The summed E-state index contributed by atoms with van der Waals surface area (Å²) in [6.45, 7) is 2.48. The summed E-state index contributed by atoms with van der Waals surface area (Å²) in [7, 11) is -1.63. The van der Waals surface area contributed by atoms with Gasteiger partial charge in [0.25, 0.3) is 5.89 Å². The second-order valence-corrected chi connectivity index (χ2v) is 9.93. The van der Waals surface area contributed by atoms with Crippen LogP contribution in [0.1, 0.15) is 12.5 Å². The van der Waals surface area contributed by atoms with E-state index >= 15 is 0 Å². The minimum Gasteiger partial charge on any atom is -0.414 e. The summed E-state index contributed by atoms with van der Waals surface area (Å²) in [6, 6.07) is 14.1. The van der Waals surface area contributed by atoms with Crippen molar-refractivity contribution in [3.63, 3.8) is 0 Å². The molecule has 2 aromatic heterocycles. The van der Waals surface area contributed by atoms with Gasteiger partial charge in [-0.1, -0.05) is 24.3 Å². The Kier molecular flexibility index (Phi) is 5.60. The van der Waals surface area contributed by atoms with Crippen molar-refractivity contribution in [3.05, 3.63) is 60.3 Å². The molecule has 0 bridgehead atoms. The summed E-state index contributed by atoms with van der Waals surface area (Å²) in [5, 5.41) is 11.3. The highest BCUT2D eigenvalue weighted by Gasteiger charge is 2.46. The van der Waals surface area contributed by atoms with Crippen LogP contribution in [-0.2, 0) is 21.1 Å². The van der Waals surface area contributed by atoms with Gasteiger partial charge in [-0.3, -0.25) is 0 Å². The van der Waals surface area contributed by atoms with E-state index in [2.05, 4.69) is 25.5 Å². The largest absolute Gasteiger partial charge is 0.414 e. The summed E-state index contributed by atoms with van der Waals surface area (Å²) in [5.41, 5.74) is 8.55. The number of rotatable bonds is 7. The molecule has 3 N–H and O–H groups in total. The number of nitrogens with two attached hydrogens (primary N) is 1. The third-order valence-electron chi connectivity index (χ3n) is 5.45. The molecule has 10 nitrogen and oxygen atoms in total. The Morgan fingerprint density at radius 2 is 1.65 bits per heavy atom. The average Bonchev–Trinajstić information content (AvgIpc) is 3.40. The maximum Gasteiger partial charge on any atom is 0.270 e. The van der Waals surface area contributed by atoms with Gasteiger partial charge in [-0.2, -0.15) is 0 Å². The van der Waals surface area contributed by atoms with E-state index < -0.39 is 15.3 Å². The van der Waals surface area contributed by atoms with Crippen molar-refractivity contribution in [1.82, 2.24) is 25.5 Å². The Morgan fingerprint density at radius 1 is 1.00 bits per heavy atom. The van der Waals surface area contributed by atoms with E-state index in [1.807, 2.05) is 31.3 Å². The molecule has 1 fully saturated rings. The van der Waals surface area contributed by atoms with Crippen LogP contribution in [-0.4, -0.2) is 47.2 Å². The quantitative estimate of drug-likeness (QED) is 0.380. The van der Waals surface area contributed by atoms with Crippen LogP contribution in [0.5, 0.6) is 0 Å². The number of anilines is 1. The molecular formula is C23H22N6O4S. The predicted molar refractivity (Wildman–Crippen MR) is 125 cm³/mol. The van der Waals surface area contributed by atoms with Crippen LogP contribution in [0.2, 0.25) is 0 Å². The van der Waals surface area contributed by atoms with Gasteiger partial charge in [0.2, 0.25) is 15.7 Å². The number of sulfone groups is 1. The van der Waals surface area contributed by atoms with Crippen molar-refractivity contribution in [3.8, 4) is 34.3 Å². The van der Waals surface area contributed by atoms with E-state index in [-0.39, 0.29) is 28.4 Å². The summed E-state index contributed by atoms with van der Waals surface area (Å²) < 4.78 is 36.0. The summed E-state index contributed by atoms with van der Waals surface area (Å²) >= 11 is 0. The van der Waals surface area contributed by atoms with Gasteiger partial charge in [0.05, 0.1) is 22.9 Å². The van der Waals surface area contributed by atoms with Gasteiger partial charge in [0.15, 0.2) is 16.9 Å². The fourth-order valence-electron chi connectivity index (χ4n) is 3.54. The molecule has 1 aliphatic heterocycles. The first kappa shape index (κ1) is 22.1. The number of hydrogen-bond donors (Lipinski definition) is 2. The Morgan fingerprint density at radius 3 is 2.29 bits per heavy atom. The minimum absolute atomic E-state index is 0.139. The lowest BCUT2D eigenvalue weighted by atomic mass is 10.1. The van der Waals surface area contributed by atoms with Gasteiger partial charge in [-0.05, 0) is 43.8 Å². The van der Waals surface area contributed by atoms with Crippen LogP contribution >= 0.6 is 0 Å². The smallest absolute Gasteiger partial charge is 0.270 e. The van der Waals surface area contributed by atoms with Crippen LogP contribution in [0.25, 0.3) is 34.3 Å².